The Labute approximate surface area is 200 Å². The Bertz CT molecular complexity index is 1050. The molecule has 0 unspecified atom stereocenters. The number of nitrogens with zero attached hydrogens (tertiary/aromatic N) is 2. The fourth-order valence-electron chi connectivity index (χ4n) is 3.97. The third-order valence-electron chi connectivity index (χ3n) is 5.99. The second-order valence-corrected chi connectivity index (χ2v) is 8.35. The fraction of sp³-hybridized carbons (Fsp3) is 0.400. The summed E-state index contributed by atoms with van der Waals surface area (Å²) >= 11 is 0. The van der Waals surface area contributed by atoms with E-state index >= 15 is 0 Å². The van der Waals surface area contributed by atoms with Crippen molar-refractivity contribution in [3.8, 4) is 11.5 Å². The molecule has 1 atom stereocenters. The molecule has 0 spiro atoms. The van der Waals surface area contributed by atoms with Gasteiger partial charge in [-0.3, -0.25) is 10.2 Å². The minimum absolute atomic E-state index is 0.0949. The summed E-state index contributed by atoms with van der Waals surface area (Å²) < 4.78 is 10.9. The minimum Gasteiger partial charge on any atom is -0.493 e. The van der Waals surface area contributed by atoms with Crippen LogP contribution in [0.1, 0.15) is 23.6 Å². The van der Waals surface area contributed by atoms with Gasteiger partial charge < -0.3 is 29.9 Å². The van der Waals surface area contributed by atoms with Crippen molar-refractivity contribution in [2.45, 2.75) is 19.4 Å². The summed E-state index contributed by atoms with van der Waals surface area (Å²) in [5.41, 5.74) is 3.59. The Kier molecular flexibility index (Phi) is 7.99. The molecule has 1 heterocycles. The Morgan fingerprint density at radius 3 is 2.35 bits per heavy atom. The molecule has 2 aromatic carbocycles. The number of anilines is 1. The molecule has 1 aliphatic heterocycles. The highest BCUT2D eigenvalue weighted by molar-refractivity contribution is 6.12. The van der Waals surface area contributed by atoms with Crippen molar-refractivity contribution < 1.29 is 19.1 Å². The van der Waals surface area contributed by atoms with Gasteiger partial charge in [0.15, 0.2) is 11.5 Å². The third kappa shape index (κ3) is 5.59. The Hall–Kier alpha value is -3.75. The number of likely N-dealkylation sites (N-methyl/N-ethyl adjacent to an activating group) is 1. The van der Waals surface area contributed by atoms with Gasteiger partial charge in [0.2, 0.25) is 5.91 Å². The van der Waals surface area contributed by atoms with Crippen LogP contribution in [0.25, 0.3) is 0 Å². The number of nitrogens with one attached hydrogen (secondary N) is 3. The number of methoxy groups -OCH3 is 2. The van der Waals surface area contributed by atoms with Gasteiger partial charge in [-0.15, -0.1) is 0 Å². The fourth-order valence-corrected chi connectivity index (χ4v) is 3.97. The van der Waals surface area contributed by atoms with Gasteiger partial charge in [-0.05, 0) is 43.2 Å². The van der Waals surface area contributed by atoms with E-state index in [9.17, 15) is 9.59 Å². The maximum absolute atomic E-state index is 12.1. The van der Waals surface area contributed by atoms with Gasteiger partial charge in [-0.2, -0.15) is 0 Å². The Balaban J connectivity index is 1.88. The molecule has 3 amide bonds. The summed E-state index contributed by atoms with van der Waals surface area (Å²) in [5, 5.41) is 14.4. The predicted octanol–water partition coefficient (Wildman–Crippen LogP) is 2.26. The highest BCUT2D eigenvalue weighted by Gasteiger charge is 2.22. The van der Waals surface area contributed by atoms with Crippen molar-refractivity contribution in [3.63, 3.8) is 0 Å². The minimum atomic E-state index is -0.261. The average molecular weight is 468 g/mol. The lowest BCUT2D eigenvalue weighted by atomic mass is 9.93. The molecule has 0 bridgehead atoms. The van der Waals surface area contributed by atoms with Crippen molar-refractivity contribution in [2.75, 3.05) is 52.8 Å². The number of ether oxygens (including phenoxy) is 2. The van der Waals surface area contributed by atoms with Crippen LogP contribution in [0, 0.1) is 5.41 Å². The highest BCUT2D eigenvalue weighted by Crippen LogP contribution is 2.32. The lowest BCUT2D eigenvalue weighted by Crippen LogP contribution is -2.48. The molecule has 9 nitrogen and oxygen atoms in total. The smallest absolute Gasteiger partial charge is 0.314 e. The molecule has 2 aromatic rings. The zero-order valence-electron chi connectivity index (χ0n) is 20.4. The van der Waals surface area contributed by atoms with Crippen LogP contribution >= 0.6 is 0 Å². The van der Waals surface area contributed by atoms with E-state index in [4.69, 9.17) is 14.9 Å². The first-order valence-electron chi connectivity index (χ1n) is 11.2. The zero-order chi connectivity index (χ0) is 24.8. The van der Waals surface area contributed by atoms with Crippen LogP contribution in [0.4, 0.5) is 10.5 Å². The van der Waals surface area contributed by atoms with E-state index in [2.05, 4.69) is 10.6 Å². The van der Waals surface area contributed by atoms with E-state index in [1.165, 1.54) is 0 Å². The van der Waals surface area contributed by atoms with Crippen molar-refractivity contribution in [1.82, 2.24) is 15.5 Å². The van der Waals surface area contributed by atoms with E-state index in [0.717, 1.165) is 23.4 Å². The molecule has 1 aliphatic rings. The number of urea groups is 1. The molecule has 0 saturated carbocycles. The SMILES string of the molecule is CNC(=O)N[C@@H](C)Cc1cc(OC)c(OC)cc1C(=N)c1ccc(N2CCN(C)C(=O)C2)cc1. The molecule has 3 rings (SSSR count). The molecule has 0 aromatic heterocycles. The van der Waals surface area contributed by atoms with Crippen LogP contribution in [-0.2, 0) is 11.2 Å². The monoisotopic (exact) mass is 467 g/mol. The normalized spacial score (nSPS) is 14.4. The summed E-state index contributed by atoms with van der Waals surface area (Å²) in [6, 6.07) is 10.9. The van der Waals surface area contributed by atoms with Gasteiger partial charge in [-0.1, -0.05) is 12.1 Å². The lowest BCUT2D eigenvalue weighted by Gasteiger charge is -2.33. The number of rotatable bonds is 8. The first kappa shape index (κ1) is 24.9. The van der Waals surface area contributed by atoms with E-state index in [-0.39, 0.29) is 18.0 Å². The number of benzene rings is 2. The van der Waals surface area contributed by atoms with Crippen molar-refractivity contribution >= 4 is 23.3 Å². The molecule has 0 aliphatic carbocycles. The molecule has 9 heteroatoms. The van der Waals surface area contributed by atoms with E-state index in [1.807, 2.05) is 49.2 Å². The molecule has 3 N–H and O–H groups in total. The maximum atomic E-state index is 12.1. The second kappa shape index (κ2) is 10.9. The topological polar surface area (TPSA) is 107 Å². The summed E-state index contributed by atoms with van der Waals surface area (Å²) in [6.07, 6.45) is 0.507. The number of carbonyl (C=O) groups excluding carboxylic acids is 2. The van der Waals surface area contributed by atoms with Crippen molar-refractivity contribution in [1.29, 1.82) is 5.41 Å². The van der Waals surface area contributed by atoms with Gasteiger partial charge in [0.1, 0.15) is 0 Å². The molecule has 1 saturated heterocycles. The van der Waals surface area contributed by atoms with Gasteiger partial charge in [0, 0.05) is 50.0 Å². The summed E-state index contributed by atoms with van der Waals surface area (Å²) in [6.45, 7) is 3.72. The van der Waals surface area contributed by atoms with E-state index in [1.54, 1.807) is 32.2 Å². The molecular weight excluding hydrogens is 434 g/mol. The Morgan fingerprint density at radius 1 is 1.12 bits per heavy atom. The summed E-state index contributed by atoms with van der Waals surface area (Å²) in [5.74, 6) is 1.19. The standard InChI is InChI=1S/C25H33N5O4/c1-16(28-25(32)27-2)12-18-13-21(33-4)22(34-5)14-20(18)24(26)17-6-8-19(9-7-17)30-11-10-29(3)23(31)15-30/h6-9,13-14,16,26H,10-12,15H2,1-5H3,(H2,27,28,32)/t16-/m0/s1. The molecule has 182 valence electrons. The van der Waals surface area contributed by atoms with Gasteiger partial charge in [-0.25, -0.2) is 4.79 Å². The molecule has 34 heavy (non-hydrogen) atoms. The Morgan fingerprint density at radius 2 is 1.76 bits per heavy atom. The van der Waals surface area contributed by atoms with Crippen LogP contribution in [0.15, 0.2) is 36.4 Å². The summed E-state index contributed by atoms with van der Waals surface area (Å²) in [7, 11) is 6.52. The van der Waals surface area contributed by atoms with Crippen LogP contribution < -0.4 is 25.0 Å². The van der Waals surface area contributed by atoms with Crippen LogP contribution in [-0.4, -0.2) is 76.5 Å². The van der Waals surface area contributed by atoms with E-state index < -0.39 is 0 Å². The second-order valence-electron chi connectivity index (χ2n) is 8.35. The number of amides is 3. The van der Waals surface area contributed by atoms with Crippen LogP contribution in [0.5, 0.6) is 11.5 Å². The molecule has 0 radical (unpaired) electrons. The van der Waals surface area contributed by atoms with Crippen LogP contribution in [0.3, 0.4) is 0 Å². The number of carbonyl (C=O) groups is 2. The van der Waals surface area contributed by atoms with Gasteiger partial charge >= 0.3 is 6.03 Å². The first-order valence-corrected chi connectivity index (χ1v) is 11.2. The number of hydrogen-bond acceptors (Lipinski definition) is 6. The van der Waals surface area contributed by atoms with Crippen molar-refractivity contribution in [3.05, 3.63) is 53.1 Å². The molecule has 1 fully saturated rings. The van der Waals surface area contributed by atoms with Gasteiger partial charge in [0.05, 0.1) is 26.5 Å². The lowest BCUT2D eigenvalue weighted by molar-refractivity contribution is -0.129. The largest absolute Gasteiger partial charge is 0.493 e. The number of piperazine rings is 1. The average Bonchev–Trinajstić information content (AvgIpc) is 2.84. The quantitative estimate of drug-likeness (QED) is 0.517. The predicted molar refractivity (Wildman–Crippen MR) is 133 cm³/mol. The van der Waals surface area contributed by atoms with Crippen LogP contribution in [0.2, 0.25) is 0 Å². The third-order valence-corrected chi connectivity index (χ3v) is 5.99. The maximum Gasteiger partial charge on any atom is 0.314 e. The highest BCUT2D eigenvalue weighted by atomic mass is 16.5. The summed E-state index contributed by atoms with van der Waals surface area (Å²) in [4.78, 5) is 27.6. The zero-order valence-corrected chi connectivity index (χ0v) is 20.4. The first-order chi connectivity index (χ1) is 16.3. The van der Waals surface area contributed by atoms with Crippen molar-refractivity contribution in [2.24, 2.45) is 0 Å². The van der Waals surface area contributed by atoms with E-state index in [0.29, 0.717) is 42.3 Å². The molecular formula is C25H33N5O4. The number of hydrogen-bond donors (Lipinski definition) is 3. The van der Waals surface area contributed by atoms with Gasteiger partial charge in [0.25, 0.3) is 0 Å².